The second kappa shape index (κ2) is 4.07. The van der Waals surface area contributed by atoms with Crippen LogP contribution in [0.4, 0.5) is 8.78 Å². The van der Waals surface area contributed by atoms with E-state index in [4.69, 9.17) is 0 Å². The van der Waals surface area contributed by atoms with Gasteiger partial charge in [0.05, 0.1) is 11.1 Å². The fourth-order valence-electron chi connectivity index (χ4n) is 2.02. The average molecular weight is 241 g/mol. The molecule has 0 radical (unpaired) electrons. The Morgan fingerprint density at radius 1 is 1.35 bits per heavy atom. The monoisotopic (exact) mass is 241 g/mol. The Bertz CT molecular complexity index is 474. The van der Waals surface area contributed by atoms with Gasteiger partial charge in [-0.3, -0.25) is 4.79 Å². The van der Waals surface area contributed by atoms with Crippen molar-refractivity contribution in [2.75, 3.05) is 6.54 Å². The standard InChI is InChI=1S/C12H13F2NO2/c1-6(2)5-15-11(16)9-7(13)3-4-8(14)10(9)12(15)17/h3-4,6,11,16H,5H2,1-2H3. The Morgan fingerprint density at radius 2 is 1.94 bits per heavy atom. The van der Waals surface area contributed by atoms with E-state index < -0.39 is 23.8 Å². The lowest BCUT2D eigenvalue weighted by atomic mass is 10.1. The van der Waals surface area contributed by atoms with Crippen molar-refractivity contribution in [1.82, 2.24) is 4.90 Å². The summed E-state index contributed by atoms with van der Waals surface area (Å²) in [5, 5.41) is 9.86. The van der Waals surface area contributed by atoms with Crippen molar-refractivity contribution >= 4 is 5.91 Å². The summed E-state index contributed by atoms with van der Waals surface area (Å²) in [4.78, 5) is 13.0. The first-order valence-corrected chi connectivity index (χ1v) is 5.40. The third kappa shape index (κ3) is 1.80. The van der Waals surface area contributed by atoms with Gasteiger partial charge in [0.25, 0.3) is 5.91 Å². The minimum absolute atomic E-state index is 0.106. The maximum absolute atomic E-state index is 13.5. The van der Waals surface area contributed by atoms with E-state index in [1.807, 2.05) is 13.8 Å². The first-order valence-electron chi connectivity index (χ1n) is 5.40. The van der Waals surface area contributed by atoms with Crippen LogP contribution >= 0.6 is 0 Å². The molecule has 1 amide bonds. The van der Waals surface area contributed by atoms with E-state index in [0.717, 1.165) is 17.0 Å². The number of aliphatic hydroxyl groups excluding tert-OH is 1. The van der Waals surface area contributed by atoms with Crippen LogP contribution < -0.4 is 0 Å². The highest BCUT2D eigenvalue weighted by Gasteiger charge is 2.40. The van der Waals surface area contributed by atoms with Gasteiger partial charge in [-0.2, -0.15) is 0 Å². The number of hydrogen-bond acceptors (Lipinski definition) is 2. The molecular weight excluding hydrogens is 228 g/mol. The second-order valence-electron chi connectivity index (χ2n) is 4.54. The number of aliphatic hydroxyl groups is 1. The Labute approximate surface area is 97.7 Å². The second-order valence-corrected chi connectivity index (χ2v) is 4.54. The SMILES string of the molecule is CC(C)CN1C(=O)c2c(F)ccc(F)c2C1O. The normalized spacial score (nSPS) is 19.1. The Balaban J connectivity index is 2.49. The maximum Gasteiger partial charge on any atom is 0.259 e. The first-order chi connectivity index (χ1) is 7.93. The van der Waals surface area contributed by atoms with Crippen LogP contribution in [0.25, 0.3) is 0 Å². The van der Waals surface area contributed by atoms with Gasteiger partial charge < -0.3 is 10.0 Å². The van der Waals surface area contributed by atoms with Gasteiger partial charge >= 0.3 is 0 Å². The van der Waals surface area contributed by atoms with E-state index in [-0.39, 0.29) is 23.6 Å². The quantitative estimate of drug-likeness (QED) is 0.861. The van der Waals surface area contributed by atoms with E-state index >= 15 is 0 Å². The van der Waals surface area contributed by atoms with Crippen molar-refractivity contribution in [2.45, 2.75) is 20.1 Å². The highest BCUT2D eigenvalue weighted by Crippen LogP contribution is 2.35. The number of amides is 1. The van der Waals surface area contributed by atoms with Crippen LogP contribution in [-0.2, 0) is 0 Å². The molecule has 1 aliphatic rings. The molecule has 3 nitrogen and oxygen atoms in total. The van der Waals surface area contributed by atoms with Crippen molar-refractivity contribution in [3.05, 3.63) is 34.9 Å². The van der Waals surface area contributed by atoms with Gasteiger partial charge in [-0.05, 0) is 18.1 Å². The van der Waals surface area contributed by atoms with Gasteiger partial charge in [0, 0.05) is 6.54 Å². The first kappa shape index (κ1) is 12.0. The van der Waals surface area contributed by atoms with E-state index in [9.17, 15) is 18.7 Å². The third-order valence-electron chi connectivity index (χ3n) is 2.73. The summed E-state index contributed by atoms with van der Waals surface area (Å²) in [5.74, 6) is -2.10. The minimum Gasteiger partial charge on any atom is -0.369 e. The molecule has 0 saturated heterocycles. The van der Waals surface area contributed by atoms with Crippen molar-refractivity contribution in [3.8, 4) is 0 Å². The number of nitrogens with zero attached hydrogens (tertiary/aromatic N) is 1. The molecule has 0 aliphatic carbocycles. The summed E-state index contributed by atoms with van der Waals surface area (Å²) in [5.41, 5.74) is -0.603. The molecule has 1 N–H and O–H groups in total. The highest BCUT2D eigenvalue weighted by atomic mass is 19.1. The molecule has 92 valence electrons. The minimum atomic E-state index is -1.39. The average Bonchev–Trinajstić information content (AvgIpc) is 2.49. The van der Waals surface area contributed by atoms with E-state index in [1.54, 1.807) is 0 Å². The van der Waals surface area contributed by atoms with Crippen LogP contribution in [0.5, 0.6) is 0 Å². The molecule has 0 aromatic heterocycles. The molecule has 0 bridgehead atoms. The fourth-order valence-corrected chi connectivity index (χ4v) is 2.02. The molecule has 1 atom stereocenters. The molecule has 0 fully saturated rings. The summed E-state index contributed by atoms with van der Waals surface area (Å²) in [6, 6.07) is 1.82. The van der Waals surface area contributed by atoms with Gasteiger partial charge in [-0.25, -0.2) is 8.78 Å². The van der Waals surface area contributed by atoms with Crippen LogP contribution in [0.3, 0.4) is 0 Å². The fraction of sp³-hybridized carbons (Fsp3) is 0.417. The van der Waals surface area contributed by atoms with Crippen molar-refractivity contribution in [2.24, 2.45) is 5.92 Å². The molecule has 5 heteroatoms. The molecule has 1 heterocycles. The maximum atomic E-state index is 13.5. The zero-order valence-electron chi connectivity index (χ0n) is 9.58. The number of rotatable bonds is 2. The molecule has 0 saturated carbocycles. The van der Waals surface area contributed by atoms with Crippen molar-refractivity contribution in [3.63, 3.8) is 0 Å². The van der Waals surface area contributed by atoms with Gasteiger partial charge in [0.1, 0.15) is 11.6 Å². The molecule has 1 aromatic rings. The smallest absolute Gasteiger partial charge is 0.259 e. The van der Waals surface area contributed by atoms with Gasteiger partial charge in [0.2, 0.25) is 0 Å². The number of fused-ring (bicyclic) bond motifs is 1. The van der Waals surface area contributed by atoms with Gasteiger partial charge in [-0.1, -0.05) is 13.8 Å². The molecule has 17 heavy (non-hydrogen) atoms. The number of hydrogen-bond donors (Lipinski definition) is 1. The van der Waals surface area contributed by atoms with E-state index in [2.05, 4.69) is 0 Å². The lowest BCUT2D eigenvalue weighted by Crippen LogP contribution is -2.31. The predicted molar refractivity (Wildman–Crippen MR) is 57.2 cm³/mol. The third-order valence-corrected chi connectivity index (χ3v) is 2.73. The number of halogens is 2. The Hall–Kier alpha value is -1.49. The number of benzene rings is 1. The van der Waals surface area contributed by atoms with Crippen LogP contribution in [0.1, 0.15) is 36.0 Å². The van der Waals surface area contributed by atoms with Crippen LogP contribution in [0.2, 0.25) is 0 Å². The lowest BCUT2D eigenvalue weighted by molar-refractivity contribution is 0.0113. The van der Waals surface area contributed by atoms with Crippen molar-refractivity contribution in [1.29, 1.82) is 0 Å². The zero-order chi connectivity index (χ0) is 12.7. The summed E-state index contributed by atoms with van der Waals surface area (Å²) in [6.07, 6.45) is -1.39. The summed E-state index contributed by atoms with van der Waals surface area (Å²) < 4.78 is 27.0. The molecular formula is C12H13F2NO2. The highest BCUT2D eigenvalue weighted by molar-refractivity contribution is 5.99. The van der Waals surface area contributed by atoms with Gasteiger partial charge in [0.15, 0.2) is 6.23 Å². The predicted octanol–water partition coefficient (Wildman–Crippen LogP) is 2.07. The molecule has 0 spiro atoms. The molecule has 1 aliphatic heterocycles. The van der Waals surface area contributed by atoms with Crippen LogP contribution in [-0.4, -0.2) is 22.5 Å². The summed E-state index contributed by atoms with van der Waals surface area (Å²) in [6.45, 7) is 3.97. The molecule has 2 rings (SSSR count). The zero-order valence-corrected chi connectivity index (χ0v) is 9.58. The summed E-state index contributed by atoms with van der Waals surface area (Å²) >= 11 is 0. The topological polar surface area (TPSA) is 40.5 Å². The van der Waals surface area contributed by atoms with Crippen molar-refractivity contribution < 1.29 is 18.7 Å². The van der Waals surface area contributed by atoms with Crippen LogP contribution in [0.15, 0.2) is 12.1 Å². The van der Waals surface area contributed by atoms with E-state index in [1.165, 1.54) is 0 Å². The summed E-state index contributed by atoms with van der Waals surface area (Å²) in [7, 11) is 0. The van der Waals surface area contributed by atoms with E-state index in [0.29, 0.717) is 0 Å². The Morgan fingerprint density at radius 3 is 2.47 bits per heavy atom. The number of carbonyl (C=O) groups excluding carboxylic acids is 1. The Kier molecular flexibility index (Phi) is 2.87. The molecule has 1 aromatic carbocycles. The largest absolute Gasteiger partial charge is 0.369 e. The lowest BCUT2D eigenvalue weighted by Gasteiger charge is -2.22. The van der Waals surface area contributed by atoms with Gasteiger partial charge in [-0.15, -0.1) is 0 Å². The van der Waals surface area contributed by atoms with Crippen LogP contribution in [0, 0.1) is 17.6 Å². The molecule has 1 unspecified atom stereocenters. The number of carbonyl (C=O) groups is 1.